The molecule has 0 bridgehead atoms. The van der Waals surface area contributed by atoms with Crippen molar-refractivity contribution >= 4 is 5.97 Å². The van der Waals surface area contributed by atoms with Gasteiger partial charge < -0.3 is 5.11 Å². The molecular formula is C14H20N2O2. The lowest BCUT2D eigenvalue weighted by Gasteiger charge is -2.29. The lowest BCUT2D eigenvalue weighted by atomic mass is 9.90. The zero-order chi connectivity index (χ0) is 13.1. The topological polar surface area (TPSA) is 62.2 Å². The summed E-state index contributed by atoms with van der Waals surface area (Å²) in [5.74, 6) is -0.718. The number of carboxylic acid groups (broad SMARTS) is 1. The van der Waals surface area contributed by atoms with Crippen LogP contribution < -0.4 is 5.32 Å². The maximum atomic E-state index is 11.2. The number of hydrogen-bond donors (Lipinski definition) is 2. The van der Waals surface area contributed by atoms with Crippen molar-refractivity contribution in [2.24, 2.45) is 5.92 Å². The van der Waals surface area contributed by atoms with Gasteiger partial charge in [-0.2, -0.15) is 0 Å². The van der Waals surface area contributed by atoms with Crippen molar-refractivity contribution < 1.29 is 9.90 Å². The Labute approximate surface area is 107 Å². The number of aryl methyl sites for hydroxylation is 1. The van der Waals surface area contributed by atoms with Crippen molar-refractivity contribution in [1.82, 2.24) is 10.3 Å². The van der Waals surface area contributed by atoms with Gasteiger partial charge in [0.05, 0.1) is 11.7 Å². The molecule has 4 nitrogen and oxygen atoms in total. The second kappa shape index (κ2) is 5.48. The molecule has 0 radical (unpaired) electrons. The normalized spacial score (nSPS) is 20.5. The van der Waals surface area contributed by atoms with Crippen molar-refractivity contribution in [2.75, 3.05) is 0 Å². The number of rotatable bonds is 4. The quantitative estimate of drug-likeness (QED) is 0.857. The third-order valence-corrected chi connectivity index (χ3v) is 3.51. The number of fused-ring (bicyclic) bond motifs is 1. The molecule has 18 heavy (non-hydrogen) atoms. The molecule has 1 aliphatic carbocycles. The van der Waals surface area contributed by atoms with Crippen LogP contribution in [-0.2, 0) is 11.2 Å². The van der Waals surface area contributed by atoms with E-state index in [0.29, 0.717) is 0 Å². The minimum absolute atomic E-state index is 0.0663. The predicted octanol–water partition coefficient (Wildman–Crippen LogP) is 2.16. The number of aliphatic carboxylic acids is 1. The van der Waals surface area contributed by atoms with E-state index in [0.717, 1.165) is 25.0 Å². The van der Waals surface area contributed by atoms with E-state index in [1.54, 1.807) is 6.20 Å². The average Bonchev–Trinajstić information content (AvgIpc) is 2.35. The largest absolute Gasteiger partial charge is 0.480 e. The van der Waals surface area contributed by atoms with Gasteiger partial charge in [-0.25, -0.2) is 0 Å². The summed E-state index contributed by atoms with van der Waals surface area (Å²) >= 11 is 0. The fourth-order valence-electron chi connectivity index (χ4n) is 2.54. The lowest BCUT2D eigenvalue weighted by molar-refractivity contribution is -0.141. The Hall–Kier alpha value is -1.42. The maximum absolute atomic E-state index is 11.2. The lowest BCUT2D eigenvalue weighted by Crippen LogP contribution is -2.44. The average molecular weight is 248 g/mol. The number of nitrogens with one attached hydrogen (secondary N) is 1. The van der Waals surface area contributed by atoms with E-state index in [9.17, 15) is 9.90 Å². The zero-order valence-corrected chi connectivity index (χ0v) is 10.9. The molecule has 1 heterocycles. The van der Waals surface area contributed by atoms with E-state index in [4.69, 9.17) is 0 Å². The molecule has 2 atom stereocenters. The van der Waals surface area contributed by atoms with E-state index in [1.165, 1.54) is 5.56 Å². The van der Waals surface area contributed by atoms with Crippen LogP contribution in [0.3, 0.4) is 0 Å². The third-order valence-electron chi connectivity index (χ3n) is 3.51. The predicted molar refractivity (Wildman–Crippen MR) is 69.3 cm³/mol. The highest BCUT2D eigenvalue weighted by atomic mass is 16.4. The third kappa shape index (κ3) is 2.70. The van der Waals surface area contributed by atoms with Crippen LogP contribution in [0.15, 0.2) is 18.3 Å². The summed E-state index contributed by atoms with van der Waals surface area (Å²) in [7, 11) is 0. The Kier molecular flexibility index (Phi) is 3.97. The van der Waals surface area contributed by atoms with Crippen molar-refractivity contribution in [2.45, 2.75) is 45.2 Å². The zero-order valence-electron chi connectivity index (χ0n) is 10.9. The number of hydrogen-bond acceptors (Lipinski definition) is 3. The van der Waals surface area contributed by atoms with Crippen LogP contribution in [0.4, 0.5) is 0 Å². The molecule has 1 aliphatic rings. The Morgan fingerprint density at radius 1 is 1.56 bits per heavy atom. The molecule has 0 fully saturated rings. The van der Waals surface area contributed by atoms with Crippen LogP contribution in [0, 0.1) is 5.92 Å². The molecule has 0 aliphatic heterocycles. The highest BCUT2D eigenvalue weighted by Crippen LogP contribution is 2.28. The molecule has 2 rings (SSSR count). The molecule has 0 aromatic carbocycles. The number of carboxylic acids is 1. The van der Waals surface area contributed by atoms with E-state index in [2.05, 4.69) is 16.4 Å². The van der Waals surface area contributed by atoms with Gasteiger partial charge in [0.2, 0.25) is 0 Å². The summed E-state index contributed by atoms with van der Waals surface area (Å²) in [6.45, 7) is 3.85. The Morgan fingerprint density at radius 2 is 2.33 bits per heavy atom. The first-order valence-corrected chi connectivity index (χ1v) is 6.52. The molecule has 0 saturated heterocycles. The Bertz CT molecular complexity index is 432. The maximum Gasteiger partial charge on any atom is 0.320 e. The van der Waals surface area contributed by atoms with Crippen molar-refractivity contribution in [3.05, 3.63) is 29.6 Å². The molecule has 0 spiro atoms. The molecule has 1 aromatic rings. The SMILES string of the molecule is CC(C)C(NC1CCCc2cccnc21)C(=O)O. The number of carbonyl (C=O) groups is 1. The highest BCUT2D eigenvalue weighted by Gasteiger charge is 2.28. The Balaban J connectivity index is 2.18. The summed E-state index contributed by atoms with van der Waals surface area (Å²) in [6.07, 6.45) is 4.87. The molecule has 2 unspecified atom stereocenters. The van der Waals surface area contributed by atoms with E-state index in [-0.39, 0.29) is 12.0 Å². The molecule has 98 valence electrons. The molecule has 1 aromatic heterocycles. The van der Waals surface area contributed by atoms with Gasteiger partial charge in [-0.15, -0.1) is 0 Å². The van der Waals surface area contributed by atoms with Gasteiger partial charge in [0, 0.05) is 6.20 Å². The number of nitrogens with zero attached hydrogens (tertiary/aromatic N) is 1. The van der Waals surface area contributed by atoms with E-state index in [1.807, 2.05) is 19.9 Å². The smallest absolute Gasteiger partial charge is 0.320 e. The van der Waals surface area contributed by atoms with Crippen LogP contribution in [0.1, 0.15) is 44.0 Å². The number of pyridine rings is 1. The summed E-state index contributed by atoms with van der Waals surface area (Å²) in [5.41, 5.74) is 2.27. The van der Waals surface area contributed by atoms with Crippen LogP contribution >= 0.6 is 0 Å². The van der Waals surface area contributed by atoms with Gasteiger partial charge in [0.15, 0.2) is 0 Å². The molecule has 0 amide bonds. The van der Waals surface area contributed by atoms with Crippen LogP contribution in [-0.4, -0.2) is 22.1 Å². The van der Waals surface area contributed by atoms with Crippen LogP contribution in [0.5, 0.6) is 0 Å². The monoisotopic (exact) mass is 248 g/mol. The van der Waals surface area contributed by atoms with Crippen molar-refractivity contribution in [3.8, 4) is 0 Å². The summed E-state index contributed by atoms with van der Waals surface area (Å²) in [5, 5.41) is 12.5. The highest BCUT2D eigenvalue weighted by molar-refractivity contribution is 5.73. The first-order valence-electron chi connectivity index (χ1n) is 6.52. The van der Waals surface area contributed by atoms with Gasteiger partial charge in [-0.3, -0.25) is 15.1 Å². The minimum atomic E-state index is -0.784. The second-order valence-corrected chi connectivity index (χ2v) is 5.22. The van der Waals surface area contributed by atoms with E-state index >= 15 is 0 Å². The van der Waals surface area contributed by atoms with Gasteiger partial charge in [0.25, 0.3) is 0 Å². The molecule has 4 heteroatoms. The van der Waals surface area contributed by atoms with Crippen molar-refractivity contribution in [3.63, 3.8) is 0 Å². The first kappa shape index (κ1) is 13.0. The van der Waals surface area contributed by atoms with Crippen LogP contribution in [0.2, 0.25) is 0 Å². The fraction of sp³-hybridized carbons (Fsp3) is 0.571. The summed E-state index contributed by atoms with van der Waals surface area (Å²) in [4.78, 5) is 15.7. The standard InChI is InChI=1S/C14H20N2O2/c1-9(2)12(14(17)18)16-11-7-3-5-10-6-4-8-15-13(10)11/h4,6,8-9,11-12,16H,3,5,7H2,1-2H3,(H,17,18). The van der Waals surface area contributed by atoms with Gasteiger partial charge >= 0.3 is 5.97 Å². The molecule has 2 N–H and O–H groups in total. The molecule has 0 saturated carbocycles. The number of aromatic nitrogens is 1. The first-order chi connectivity index (χ1) is 8.59. The molecular weight excluding hydrogens is 228 g/mol. The van der Waals surface area contributed by atoms with Gasteiger partial charge in [0.1, 0.15) is 6.04 Å². The minimum Gasteiger partial charge on any atom is -0.480 e. The Morgan fingerprint density at radius 3 is 3.00 bits per heavy atom. The van der Waals surface area contributed by atoms with Crippen molar-refractivity contribution in [1.29, 1.82) is 0 Å². The second-order valence-electron chi connectivity index (χ2n) is 5.22. The van der Waals surface area contributed by atoms with Gasteiger partial charge in [-0.05, 0) is 36.8 Å². The fourth-order valence-corrected chi connectivity index (χ4v) is 2.54. The summed E-state index contributed by atoms with van der Waals surface area (Å²) < 4.78 is 0. The van der Waals surface area contributed by atoms with E-state index < -0.39 is 12.0 Å². The van der Waals surface area contributed by atoms with Crippen LogP contribution in [0.25, 0.3) is 0 Å². The van der Waals surface area contributed by atoms with Gasteiger partial charge in [-0.1, -0.05) is 19.9 Å². The summed E-state index contributed by atoms with van der Waals surface area (Å²) in [6, 6.07) is 3.58.